The molecule has 2 rings (SSSR count). The first-order valence-electron chi connectivity index (χ1n) is 5.31. The van der Waals surface area contributed by atoms with Crippen molar-refractivity contribution in [3.05, 3.63) is 29.6 Å². The van der Waals surface area contributed by atoms with E-state index < -0.39 is 28.8 Å². The molecule has 1 amide bonds. The minimum atomic E-state index is -1.30. The predicted molar refractivity (Wildman–Crippen MR) is 55.3 cm³/mol. The molecule has 0 unspecified atom stereocenters. The van der Waals surface area contributed by atoms with E-state index in [1.54, 1.807) is 0 Å². The van der Waals surface area contributed by atoms with Crippen LogP contribution in [0.3, 0.4) is 0 Å². The highest BCUT2D eigenvalue weighted by atomic mass is 19.2. The predicted octanol–water partition coefficient (Wildman–Crippen LogP) is 1.00. The van der Waals surface area contributed by atoms with E-state index in [0.29, 0.717) is 12.8 Å². The van der Waals surface area contributed by atoms with E-state index in [2.05, 4.69) is 10.3 Å². The van der Waals surface area contributed by atoms with Crippen molar-refractivity contribution in [2.45, 2.75) is 24.8 Å². The third-order valence-corrected chi connectivity index (χ3v) is 3.08. The van der Waals surface area contributed by atoms with Gasteiger partial charge in [0.15, 0.2) is 5.82 Å². The molecule has 0 saturated heterocycles. The van der Waals surface area contributed by atoms with Crippen LogP contribution in [0.25, 0.3) is 0 Å². The van der Waals surface area contributed by atoms with Gasteiger partial charge in [0, 0.05) is 6.20 Å². The highest BCUT2D eigenvalue weighted by Crippen LogP contribution is 2.31. The third kappa shape index (κ3) is 2.12. The molecular weight excluding hydrogens is 230 g/mol. The van der Waals surface area contributed by atoms with Gasteiger partial charge >= 0.3 is 0 Å². The number of aliphatic hydroxyl groups is 1. The molecule has 1 fully saturated rings. The van der Waals surface area contributed by atoms with Gasteiger partial charge in [0.25, 0.3) is 5.91 Å². The Kier molecular flexibility index (Phi) is 3.06. The first kappa shape index (κ1) is 11.9. The van der Waals surface area contributed by atoms with Crippen molar-refractivity contribution in [1.82, 2.24) is 10.3 Å². The topological polar surface area (TPSA) is 62.2 Å². The van der Waals surface area contributed by atoms with Gasteiger partial charge in [0.1, 0.15) is 0 Å². The number of halogens is 2. The van der Waals surface area contributed by atoms with Crippen LogP contribution in [0.4, 0.5) is 8.78 Å². The molecule has 1 aromatic heterocycles. The molecule has 0 radical (unpaired) electrons. The van der Waals surface area contributed by atoms with Crippen LogP contribution in [-0.4, -0.2) is 28.1 Å². The summed E-state index contributed by atoms with van der Waals surface area (Å²) in [7, 11) is 0. The van der Waals surface area contributed by atoms with Crippen molar-refractivity contribution in [3.8, 4) is 0 Å². The average molecular weight is 242 g/mol. The molecule has 1 saturated carbocycles. The second kappa shape index (κ2) is 4.37. The molecule has 1 aliphatic rings. The Balaban J connectivity index is 2.17. The van der Waals surface area contributed by atoms with Gasteiger partial charge in [-0.15, -0.1) is 0 Å². The number of hydrogen-bond acceptors (Lipinski definition) is 3. The molecule has 2 N–H and O–H groups in total. The largest absolute Gasteiger partial charge is 0.394 e. The number of pyridine rings is 1. The fourth-order valence-electron chi connectivity index (χ4n) is 1.83. The molecule has 1 aromatic rings. The highest BCUT2D eigenvalue weighted by molar-refractivity contribution is 5.94. The Hall–Kier alpha value is -1.56. The SMILES string of the molecule is O=C(NC1(CO)CCC1)c1ccnc(F)c1F. The van der Waals surface area contributed by atoms with E-state index in [1.165, 1.54) is 0 Å². The third-order valence-electron chi connectivity index (χ3n) is 3.08. The van der Waals surface area contributed by atoms with E-state index in [9.17, 15) is 13.6 Å². The van der Waals surface area contributed by atoms with E-state index >= 15 is 0 Å². The summed E-state index contributed by atoms with van der Waals surface area (Å²) in [6, 6.07) is 1.11. The van der Waals surface area contributed by atoms with Crippen LogP contribution in [-0.2, 0) is 0 Å². The fraction of sp³-hybridized carbons (Fsp3) is 0.455. The van der Waals surface area contributed by atoms with Crippen LogP contribution in [0.2, 0.25) is 0 Å². The average Bonchev–Trinajstić information content (AvgIpc) is 2.27. The van der Waals surface area contributed by atoms with Gasteiger partial charge in [-0.25, -0.2) is 9.37 Å². The first-order valence-corrected chi connectivity index (χ1v) is 5.31. The number of nitrogens with one attached hydrogen (secondary N) is 1. The smallest absolute Gasteiger partial charge is 0.254 e. The summed E-state index contributed by atoms with van der Waals surface area (Å²) in [6.45, 7) is -0.200. The number of hydrogen-bond donors (Lipinski definition) is 2. The van der Waals surface area contributed by atoms with Crippen LogP contribution >= 0.6 is 0 Å². The van der Waals surface area contributed by atoms with Gasteiger partial charge in [0.2, 0.25) is 5.95 Å². The molecular formula is C11H12F2N2O2. The lowest BCUT2D eigenvalue weighted by molar-refractivity contribution is 0.0637. The van der Waals surface area contributed by atoms with E-state index in [-0.39, 0.29) is 6.61 Å². The lowest BCUT2D eigenvalue weighted by Gasteiger charge is -2.40. The molecule has 0 aromatic carbocycles. The number of carbonyl (C=O) groups is 1. The molecule has 4 nitrogen and oxygen atoms in total. The minimum Gasteiger partial charge on any atom is -0.394 e. The maximum Gasteiger partial charge on any atom is 0.254 e. The molecule has 1 aliphatic carbocycles. The molecule has 17 heavy (non-hydrogen) atoms. The van der Waals surface area contributed by atoms with Crippen LogP contribution in [0.15, 0.2) is 12.3 Å². The monoisotopic (exact) mass is 242 g/mol. The number of aliphatic hydroxyl groups excluding tert-OH is 1. The lowest BCUT2D eigenvalue weighted by Crippen LogP contribution is -2.56. The zero-order valence-electron chi connectivity index (χ0n) is 9.04. The van der Waals surface area contributed by atoms with Gasteiger partial charge in [-0.2, -0.15) is 4.39 Å². The van der Waals surface area contributed by atoms with E-state index in [0.717, 1.165) is 18.7 Å². The molecule has 0 atom stereocenters. The van der Waals surface area contributed by atoms with Crippen molar-refractivity contribution in [1.29, 1.82) is 0 Å². The summed E-state index contributed by atoms with van der Waals surface area (Å²) in [6.07, 6.45) is 3.21. The molecule has 0 aliphatic heterocycles. The summed E-state index contributed by atoms with van der Waals surface area (Å²) in [5.74, 6) is -3.29. The van der Waals surface area contributed by atoms with Crippen LogP contribution in [0.1, 0.15) is 29.6 Å². The van der Waals surface area contributed by atoms with Crippen molar-refractivity contribution in [2.24, 2.45) is 0 Å². The Morgan fingerprint density at radius 3 is 2.76 bits per heavy atom. The molecule has 92 valence electrons. The first-order chi connectivity index (χ1) is 8.08. The zero-order chi connectivity index (χ0) is 12.5. The number of aromatic nitrogens is 1. The van der Waals surface area contributed by atoms with Crippen LogP contribution < -0.4 is 5.32 Å². The number of rotatable bonds is 3. The zero-order valence-corrected chi connectivity index (χ0v) is 9.04. The van der Waals surface area contributed by atoms with Crippen molar-refractivity contribution in [2.75, 3.05) is 6.61 Å². The Morgan fingerprint density at radius 1 is 1.53 bits per heavy atom. The molecule has 6 heteroatoms. The van der Waals surface area contributed by atoms with Crippen LogP contribution in [0.5, 0.6) is 0 Å². The van der Waals surface area contributed by atoms with E-state index in [4.69, 9.17) is 5.11 Å². The summed E-state index contributed by atoms with van der Waals surface area (Å²) in [5.41, 5.74) is -1.07. The Morgan fingerprint density at radius 2 is 2.24 bits per heavy atom. The maximum absolute atomic E-state index is 13.3. The number of amides is 1. The second-order valence-corrected chi connectivity index (χ2v) is 4.21. The molecule has 0 spiro atoms. The number of nitrogens with zero attached hydrogens (tertiary/aromatic N) is 1. The second-order valence-electron chi connectivity index (χ2n) is 4.21. The summed E-state index contributed by atoms with van der Waals surface area (Å²) >= 11 is 0. The van der Waals surface area contributed by atoms with E-state index in [1.807, 2.05) is 0 Å². The van der Waals surface area contributed by atoms with Gasteiger partial charge in [-0.05, 0) is 25.3 Å². The van der Waals surface area contributed by atoms with Crippen molar-refractivity contribution >= 4 is 5.91 Å². The Bertz CT molecular complexity index is 442. The molecule has 0 bridgehead atoms. The van der Waals surface area contributed by atoms with Crippen LogP contribution in [0, 0.1) is 11.8 Å². The maximum atomic E-state index is 13.3. The van der Waals surface area contributed by atoms with Crippen molar-refractivity contribution < 1.29 is 18.7 Å². The standard InChI is InChI=1S/C11H12F2N2O2/c12-8-7(2-5-14-9(8)13)10(17)15-11(6-16)3-1-4-11/h2,5,16H,1,3-4,6H2,(H,15,17). The number of carbonyl (C=O) groups excluding carboxylic acids is 1. The summed E-state index contributed by atoms with van der Waals surface area (Å²) < 4.78 is 26.1. The highest BCUT2D eigenvalue weighted by Gasteiger charge is 2.38. The van der Waals surface area contributed by atoms with Gasteiger partial charge in [-0.3, -0.25) is 4.79 Å². The quantitative estimate of drug-likeness (QED) is 0.777. The fourth-order valence-corrected chi connectivity index (χ4v) is 1.83. The summed E-state index contributed by atoms with van der Waals surface area (Å²) in [5, 5.41) is 11.7. The van der Waals surface area contributed by atoms with Crippen molar-refractivity contribution in [3.63, 3.8) is 0 Å². The normalized spacial score (nSPS) is 17.4. The van der Waals surface area contributed by atoms with Gasteiger partial charge in [0.05, 0.1) is 17.7 Å². The van der Waals surface area contributed by atoms with Gasteiger partial charge < -0.3 is 10.4 Å². The molecule has 1 heterocycles. The van der Waals surface area contributed by atoms with Gasteiger partial charge in [-0.1, -0.05) is 0 Å². The summed E-state index contributed by atoms with van der Waals surface area (Å²) in [4.78, 5) is 14.8. The lowest BCUT2D eigenvalue weighted by atomic mass is 9.77. The minimum absolute atomic E-state index is 0.200. The Labute approximate surface area is 96.7 Å².